The van der Waals surface area contributed by atoms with Crippen LogP contribution in [0.5, 0.6) is 0 Å². The predicted octanol–water partition coefficient (Wildman–Crippen LogP) is -0.0715. The second-order valence-corrected chi connectivity index (χ2v) is 2.69. The molecular weight excluding hydrogens is 184 g/mol. The minimum Gasteiger partial charge on any atom is -0.364 e. The molecule has 1 heterocycles. The van der Waals surface area contributed by atoms with Crippen LogP contribution in [0.2, 0.25) is 0 Å². The van der Waals surface area contributed by atoms with Gasteiger partial charge < -0.3 is 5.32 Å². The van der Waals surface area contributed by atoms with Crippen LogP contribution in [-0.2, 0) is 0 Å². The summed E-state index contributed by atoms with van der Waals surface area (Å²) >= 11 is 4.83. The summed E-state index contributed by atoms with van der Waals surface area (Å²) in [5.74, 6) is 0. The van der Waals surface area contributed by atoms with E-state index in [9.17, 15) is 0 Å². The van der Waals surface area contributed by atoms with Crippen LogP contribution < -0.4 is 15.7 Å². The highest BCUT2D eigenvalue weighted by atomic mass is 32.1. The van der Waals surface area contributed by atoms with Crippen molar-refractivity contribution >= 4 is 23.5 Å². The van der Waals surface area contributed by atoms with E-state index in [1.165, 1.54) is 0 Å². The van der Waals surface area contributed by atoms with E-state index in [4.69, 9.17) is 12.2 Å². The first kappa shape index (κ1) is 9.60. The zero-order valence-electron chi connectivity index (χ0n) is 7.24. The SMILES string of the molecule is CNC(=S)NN=Cc1ccc[nH+]c1. The normalized spacial score (nSPS) is 9.92. The largest absolute Gasteiger partial charge is 0.364 e. The van der Waals surface area contributed by atoms with Crippen LogP contribution in [0.15, 0.2) is 29.6 Å². The molecule has 68 valence electrons. The van der Waals surface area contributed by atoms with Gasteiger partial charge in [0.15, 0.2) is 17.5 Å². The number of hydrogen-bond acceptors (Lipinski definition) is 2. The smallest absolute Gasteiger partial charge is 0.186 e. The molecule has 4 nitrogen and oxygen atoms in total. The molecule has 0 saturated carbocycles. The Balaban J connectivity index is 2.45. The molecule has 0 aliphatic carbocycles. The van der Waals surface area contributed by atoms with Gasteiger partial charge in [-0.25, -0.2) is 4.98 Å². The highest BCUT2D eigenvalue weighted by Crippen LogP contribution is 1.86. The molecule has 1 rings (SSSR count). The quantitative estimate of drug-likeness (QED) is 0.394. The maximum atomic E-state index is 4.83. The number of rotatable bonds is 2. The molecule has 3 N–H and O–H groups in total. The van der Waals surface area contributed by atoms with Crippen molar-refractivity contribution in [3.63, 3.8) is 0 Å². The minimum absolute atomic E-state index is 0.496. The van der Waals surface area contributed by atoms with Gasteiger partial charge in [0, 0.05) is 13.1 Å². The zero-order chi connectivity index (χ0) is 9.52. The summed E-state index contributed by atoms with van der Waals surface area (Å²) in [5, 5.41) is 7.16. The average Bonchev–Trinajstić information content (AvgIpc) is 2.19. The molecule has 0 aliphatic rings. The van der Waals surface area contributed by atoms with Gasteiger partial charge in [0.1, 0.15) is 0 Å². The second kappa shape index (κ2) is 5.21. The summed E-state index contributed by atoms with van der Waals surface area (Å²) in [6, 6.07) is 3.84. The van der Waals surface area contributed by atoms with Crippen molar-refractivity contribution in [3.8, 4) is 0 Å². The minimum atomic E-state index is 0.496. The molecule has 0 aromatic carbocycles. The van der Waals surface area contributed by atoms with Gasteiger partial charge >= 0.3 is 0 Å². The number of hydrazone groups is 1. The molecular formula is C8H11N4S+. The van der Waals surface area contributed by atoms with Crippen LogP contribution >= 0.6 is 12.2 Å². The number of aromatic amines is 1. The third-order valence-electron chi connectivity index (χ3n) is 1.34. The number of aromatic nitrogens is 1. The van der Waals surface area contributed by atoms with E-state index in [1.54, 1.807) is 13.3 Å². The van der Waals surface area contributed by atoms with Crippen LogP contribution in [-0.4, -0.2) is 18.4 Å². The van der Waals surface area contributed by atoms with Crippen molar-refractivity contribution in [3.05, 3.63) is 30.1 Å². The lowest BCUT2D eigenvalue weighted by Crippen LogP contribution is -2.28. The molecule has 5 heteroatoms. The maximum absolute atomic E-state index is 4.83. The van der Waals surface area contributed by atoms with E-state index in [0.717, 1.165) is 5.56 Å². The van der Waals surface area contributed by atoms with E-state index in [1.807, 2.05) is 24.5 Å². The van der Waals surface area contributed by atoms with Crippen LogP contribution in [0.1, 0.15) is 5.56 Å². The third-order valence-corrected chi connectivity index (χ3v) is 1.63. The lowest BCUT2D eigenvalue weighted by Gasteiger charge is -1.98. The highest BCUT2D eigenvalue weighted by molar-refractivity contribution is 7.80. The Morgan fingerprint density at radius 2 is 2.54 bits per heavy atom. The fourth-order valence-electron chi connectivity index (χ4n) is 0.709. The summed E-state index contributed by atoms with van der Waals surface area (Å²) in [5.41, 5.74) is 3.64. The standard InChI is InChI=1S/C8H10N4S/c1-9-8(13)12-11-6-7-3-2-4-10-5-7/h2-6H,1H3,(H2,9,12,13)/p+1. The molecule has 0 aliphatic heterocycles. The van der Waals surface area contributed by atoms with Crippen LogP contribution in [0.25, 0.3) is 0 Å². The molecule has 0 amide bonds. The van der Waals surface area contributed by atoms with Crippen LogP contribution in [0.3, 0.4) is 0 Å². The van der Waals surface area contributed by atoms with E-state index < -0.39 is 0 Å². The number of hydrogen-bond donors (Lipinski definition) is 2. The molecule has 0 radical (unpaired) electrons. The number of thiocarbonyl (C=S) groups is 1. The molecule has 13 heavy (non-hydrogen) atoms. The molecule has 0 spiro atoms. The Labute approximate surface area is 82.1 Å². The van der Waals surface area contributed by atoms with E-state index in [0.29, 0.717) is 5.11 Å². The number of nitrogens with zero attached hydrogens (tertiary/aromatic N) is 1. The summed E-state index contributed by atoms with van der Waals surface area (Å²) in [4.78, 5) is 2.95. The fourth-order valence-corrected chi connectivity index (χ4v) is 0.762. The summed E-state index contributed by atoms with van der Waals surface area (Å²) in [6.45, 7) is 0. The molecule has 0 saturated heterocycles. The maximum Gasteiger partial charge on any atom is 0.186 e. The Hall–Kier alpha value is -1.49. The van der Waals surface area contributed by atoms with E-state index >= 15 is 0 Å². The van der Waals surface area contributed by atoms with Gasteiger partial charge in [0.25, 0.3) is 0 Å². The van der Waals surface area contributed by atoms with Crippen LogP contribution in [0.4, 0.5) is 0 Å². The van der Waals surface area contributed by atoms with Gasteiger partial charge in [0.2, 0.25) is 0 Å². The van der Waals surface area contributed by atoms with Crippen molar-refractivity contribution in [2.24, 2.45) is 5.10 Å². The Kier molecular flexibility index (Phi) is 3.84. The van der Waals surface area contributed by atoms with Crippen LogP contribution in [0, 0.1) is 0 Å². The molecule has 1 aromatic heterocycles. The van der Waals surface area contributed by atoms with Crippen molar-refractivity contribution < 1.29 is 4.98 Å². The lowest BCUT2D eigenvalue weighted by molar-refractivity contribution is -0.378. The monoisotopic (exact) mass is 195 g/mol. The molecule has 0 bridgehead atoms. The molecule has 1 aromatic rings. The first-order valence-electron chi connectivity index (χ1n) is 3.80. The molecule has 0 fully saturated rings. The number of nitrogens with one attached hydrogen (secondary N) is 3. The average molecular weight is 195 g/mol. The van der Waals surface area contributed by atoms with E-state index in [-0.39, 0.29) is 0 Å². The van der Waals surface area contributed by atoms with Gasteiger partial charge in [-0.15, -0.1) is 0 Å². The van der Waals surface area contributed by atoms with Gasteiger partial charge in [-0.3, -0.25) is 5.43 Å². The van der Waals surface area contributed by atoms with Crippen molar-refractivity contribution in [2.75, 3.05) is 7.05 Å². The first-order valence-corrected chi connectivity index (χ1v) is 4.20. The highest BCUT2D eigenvalue weighted by Gasteiger charge is 1.89. The molecule has 0 atom stereocenters. The Morgan fingerprint density at radius 3 is 3.15 bits per heavy atom. The van der Waals surface area contributed by atoms with Crippen molar-refractivity contribution in [1.29, 1.82) is 0 Å². The second-order valence-electron chi connectivity index (χ2n) is 2.29. The fraction of sp³-hybridized carbons (Fsp3) is 0.125. The molecule has 0 unspecified atom stereocenters. The Morgan fingerprint density at radius 1 is 1.69 bits per heavy atom. The number of pyridine rings is 1. The lowest BCUT2D eigenvalue weighted by atomic mass is 10.3. The van der Waals surface area contributed by atoms with E-state index in [2.05, 4.69) is 20.8 Å². The van der Waals surface area contributed by atoms with Gasteiger partial charge in [0.05, 0.1) is 11.8 Å². The van der Waals surface area contributed by atoms with Gasteiger partial charge in [-0.05, 0) is 18.3 Å². The number of H-pyrrole nitrogens is 1. The zero-order valence-corrected chi connectivity index (χ0v) is 8.06. The third kappa shape index (κ3) is 3.62. The summed E-state index contributed by atoms with van der Waals surface area (Å²) < 4.78 is 0. The Bertz CT molecular complexity index is 296. The van der Waals surface area contributed by atoms with Crippen molar-refractivity contribution in [2.45, 2.75) is 0 Å². The van der Waals surface area contributed by atoms with Gasteiger partial charge in [-0.1, -0.05) is 0 Å². The summed E-state index contributed by atoms with van der Waals surface area (Å²) in [7, 11) is 1.74. The predicted molar refractivity (Wildman–Crippen MR) is 55.4 cm³/mol. The van der Waals surface area contributed by atoms with Crippen molar-refractivity contribution in [1.82, 2.24) is 10.7 Å². The van der Waals surface area contributed by atoms with Gasteiger partial charge in [-0.2, -0.15) is 5.10 Å². The topological polar surface area (TPSA) is 50.6 Å². The summed E-state index contributed by atoms with van der Waals surface area (Å²) in [6.07, 6.45) is 5.36. The first-order chi connectivity index (χ1) is 6.33.